The molecule has 2 aromatic heterocycles. The zero-order valence-electron chi connectivity index (χ0n) is 14.4. The molecule has 0 spiro atoms. The molecule has 10 heteroatoms. The molecule has 0 bridgehead atoms. The van der Waals surface area contributed by atoms with Gasteiger partial charge >= 0.3 is 0 Å². The van der Waals surface area contributed by atoms with Gasteiger partial charge < -0.3 is 14.8 Å². The molecule has 2 heterocycles. The third kappa shape index (κ3) is 4.88. The molecule has 0 saturated heterocycles. The average Bonchev–Trinajstić information content (AvgIpc) is 3.28. The summed E-state index contributed by atoms with van der Waals surface area (Å²) in [5.74, 6) is -2.05. The molecular formula is C17H17F2N5O3. The van der Waals surface area contributed by atoms with Gasteiger partial charge in [-0.05, 0) is 25.1 Å². The minimum Gasteiger partial charge on any atom is -0.468 e. The van der Waals surface area contributed by atoms with Crippen molar-refractivity contribution in [2.45, 2.75) is 20.4 Å². The van der Waals surface area contributed by atoms with Gasteiger partial charge in [-0.2, -0.15) is 10.2 Å². The number of nitrogens with one attached hydrogen (secondary N) is 1. The minimum atomic E-state index is -0.816. The second kappa shape index (κ2) is 8.41. The molecular weight excluding hydrogens is 360 g/mol. The first kappa shape index (κ1) is 18.5. The van der Waals surface area contributed by atoms with E-state index in [1.807, 2.05) is 6.92 Å². The second-order valence-electron chi connectivity index (χ2n) is 5.43. The van der Waals surface area contributed by atoms with Crippen molar-refractivity contribution in [2.75, 3.05) is 11.9 Å². The van der Waals surface area contributed by atoms with Crippen LogP contribution >= 0.6 is 0 Å². The van der Waals surface area contributed by atoms with E-state index in [-0.39, 0.29) is 24.9 Å². The molecule has 27 heavy (non-hydrogen) atoms. The van der Waals surface area contributed by atoms with Gasteiger partial charge in [-0.3, -0.25) is 4.79 Å². The fraction of sp³-hybridized carbons (Fsp3) is 0.235. The van der Waals surface area contributed by atoms with Gasteiger partial charge in [0.05, 0.1) is 18.1 Å². The van der Waals surface area contributed by atoms with E-state index in [9.17, 15) is 13.6 Å². The Labute approximate surface area is 153 Å². The van der Waals surface area contributed by atoms with Crippen LogP contribution in [0.15, 0.2) is 42.9 Å². The predicted octanol–water partition coefficient (Wildman–Crippen LogP) is 2.64. The number of carbonyl (C=O) groups is 1. The van der Waals surface area contributed by atoms with Gasteiger partial charge in [-0.15, -0.1) is 0 Å². The van der Waals surface area contributed by atoms with E-state index in [2.05, 4.69) is 15.5 Å². The number of halogens is 2. The van der Waals surface area contributed by atoms with Crippen molar-refractivity contribution in [3.8, 4) is 5.75 Å². The van der Waals surface area contributed by atoms with E-state index >= 15 is 0 Å². The molecule has 1 amide bonds. The van der Waals surface area contributed by atoms with Crippen LogP contribution in [0.25, 0.3) is 0 Å². The van der Waals surface area contributed by atoms with Crippen molar-refractivity contribution in [1.82, 2.24) is 19.6 Å². The molecule has 3 aromatic rings. The number of aromatic nitrogens is 4. The maximum Gasteiger partial charge on any atom is 0.276 e. The lowest BCUT2D eigenvalue weighted by Crippen LogP contribution is -2.14. The first-order chi connectivity index (χ1) is 13.0. The van der Waals surface area contributed by atoms with Crippen molar-refractivity contribution in [3.05, 3.63) is 60.2 Å². The fourth-order valence-corrected chi connectivity index (χ4v) is 2.16. The topological polar surface area (TPSA) is 83.2 Å². The molecule has 0 aliphatic carbocycles. The zero-order valence-corrected chi connectivity index (χ0v) is 14.4. The van der Waals surface area contributed by atoms with Crippen LogP contribution in [0, 0.1) is 11.6 Å². The molecule has 0 radical (unpaired) electrons. The summed E-state index contributed by atoms with van der Waals surface area (Å²) >= 11 is 0. The summed E-state index contributed by atoms with van der Waals surface area (Å²) in [6.07, 6.45) is 4.63. The molecule has 0 fully saturated rings. The third-order valence-corrected chi connectivity index (χ3v) is 3.44. The van der Waals surface area contributed by atoms with Crippen molar-refractivity contribution in [2.24, 2.45) is 0 Å². The van der Waals surface area contributed by atoms with Crippen molar-refractivity contribution in [1.29, 1.82) is 0 Å². The van der Waals surface area contributed by atoms with Crippen LogP contribution in [0.3, 0.4) is 0 Å². The van der Waals surface area contributed by atoms with Crippen LogP contribution in [-0.2, 0) is 18.2 Å². The van der Waals surface area contributed by atoms with Gasteiger partial charge in [0.25, 0.3) is 5.91 Å². The normalized spacial score (nSPS) is 10.8. The Bertz CT molecular complexity index is 925. The van der Waals surface area contributed by atoms with Gasteiger partial charge in [-0.1, -0.05) is 0 Å². The highest BCUT2D eigenvalue weighted by Crippen LogP contribution is 2.18. The van der Waals surface area contributed by atoms with Crippen LogP contribution < -0.4 is 10.1 Å². The number of carbonyl (C=O) groups excluding carboxylic acids is 1. The minimum absolute atomic E-state index is 0.111. The summed E-state index contributed by atoms with van der Waals surface area (Å²) in [5.41, 5.74) is 0.648. The molecule has 3 rings (SSSR count). The Balaban J connectivity index is 1.56. The maximum atomic E-state index is 13.5. The number of ether oxygens (including phenoxy) is 2. The summed E-state index contributed by atoms with van der Waals surface area (Å²) in [7, 11) is 0. The highest BCUT2D eigenvalue weighted by molar-refractivity contribution is 6.02. The number of nitrogens with zero attached hydrogens (tertiary/aromatic N) is 4. The Hall–Kier alpha value is -3.27. The van der Waals surface area contributed by atoms with E-state index in [1.54, 1.807) is 10.9 Å². The Kier molecular flexibility index (Phi) is 5.77. The molecule has 142 valence electrons. The predicted molar refractivity (Wildman–Crippen MR) is 91.0 cm³/mol. The first-order valence-electron chi connectivity index (χ1n) is 8.08. The van der Waals surface area contributed by atoms with Crippen molar-refractivity contribution in [3.63, 3.8) is 0 Å². The van der Waals surface area contributed by atoms with E-state index in [0.29, 0.717) is 12.3 Å². The lowest BCUT2D eigenvalue weighted by Gasteiger charge is -2.07. The molecule has 1 aromatic carbocycles. The van der Waals surface area contributed by atoms with E-state index in [0.717, 1.165) is 12.1 Å². The standard InChI is InChI=1S/C17H17F2N5O3/c1-2-26-10-24-9-13(8-20-24)21-17(25)15-5-6-23(22-15)11-27-16-4-3-12(18)7-14(16)19/h3-9H,2,10-11H2,1H3,(H,21,25). The average molecular weight is 377 g/mol. The van der Waals surface area contributed by atoms with Crippen LogP contribution in [0.5, 0.6) is 5.75 Å². The van der Waals surface area contributed by atoms with Gasteiger partial charge in [0.2, 0.25) is 0 Å². The molecule has 0 aliphatic rings. The van der Waals surface area contributed by atoms with E-state index in [1.165, 1.54) is 29.2 Å². The van der Waals surface area contributed by atoms with Gasteiger partial charge in [0.15, 0.2) is 24.0 Å². The molecule has 0 saturated carbocycles. The summed E-state index contributed by atoms with van der Waals surface area (Å²) in [5, 5.41) is 10.8. The Morgan fingerprint density at radius 3 is 2.85 bits per heavy atom. The number of hydrogen-bond acceptors (Lipinski definition) is 5. The third-order valence-electron chi connectivity index (χ3n) is 3.44. The smallest absolute Gasteiger partial charge is 0.276 e. The number of anilines is 1. The summed E-state index contributed by atoms with van der Waals surface area (Å²) in [4.78, 5) is 12.2. The highest BCUT2D eigenvalue weighted by Gasteiger charge is 2.12. The van der Waals surface area contributed by atoms with Crippen LogP contribution in [0.2, 0.25) is 0 Å². The number of amides is 1. The zero-order chi connectivity index (χ0) is 19.2. The molecule has 0 unspecified atom stereocenters. The fourth-order valence-electron chi connectivity index (χ4n) is 2.16. The summed E-state index contributed by atoms with van der Waals surface area (Å²) in [6.45, 7) is 2.58. The monoisotopic (exact) mass is 377 g/mol. The largest absolute Gasteiger partial charge is 0.468 e. The lowest BCUT2D eigenvalue weighted by atomic mass is 10.3. The Morgan fingerprint density at radius 2 is 2.07 bits per heavy atom. The van der Waals surface area contributed by atoms with E-state index in [4.69, 9.17) is 9.47 Å². The number of benzene rings is 1. The molecule has 8 nitrogen and oxygen atoms in total. The first-order valence-corrected chi connectivity index (χ1v) is 8.08. The molecule has 0 aliphatic heterocycles. The Morgan fingerprint density at radius 1 is 1.22 bits per heavy atom. The van der Waals surface area contributed by atoms with Crippen LogP contribution in [0.4, 0.5) is 14.5 Å². The molecule has 1 N–H and O–H groups in total. The summed E-state index contributed by atoms with van der Waals surface area (Å²) in [6, 6.07) is 4.49. The van der Waals surface area contributed by atoms with E-state index < -0.39 is 17.5 Å². The lowest BCUT2D eigenvalue weighted by molar-refractivity contribution is 0.0792. The van der Waals surface area contributed by atoms with Crippen LogP contribution in [-0.4, -0.2) is 32.1 Å². The molecule has 0 atom stereocenters. The highest BCUT2D eigenvalue weighted by atomic mass is 19.1. The number of hydrogen-bond donors (Lipinski definition) is 1. The quantitative estimate of drug-likeness (QED) is 0.653. The maximum absolute atomic E-state index is 13.5. The number of rotatable bonds is 8. The van der Waals surface area contributed by atoms with Crippen molar-refractivity contribution >= 4 is 11.6 Å². The van der Waals surface area contributed by atoms with Gasteiger partial charge in [-0.25, -0.2) is 18.1 Å². The van der Waals surface area contributed by atoms with Crippen molar-refractivity contribution < 1.29 is 23.0 Å². The van der Waals surface area contributed by atoms with Crippen LogP contribution in [0.1, 0.15) is 17.4 Å². The van der Waals surface area contributed by atoms with Gasteiger partial charge in [0, 0.05) is 18.9 Å². The second-order valence-corrected chi connectivity index (χ2v) is 5.43. The SMILES string of the molecule is CCOCn1cc(NC(=O)c2ccn(COc3ccc(F)cc3F)n2)cn1. The van der Waals surface area contributed by atoms with Gasteiger partial charge in [0.1, 0.15) is 12.5 Å². The summed E-state index contributed by atoms with van der Waals surface area (Å²) < 4.78 is 39.7.